The van der Waals surface area contributed by atoms with E-state index < -0.39 is 11.6 Å². The van der Waals surface area contributed by atoms with Gasteiger partial charge in [0, 0.05) is 0 Å². The fourth-order valence-electron chi connectivity index (χ4n) is 1.95. The molecular weight excluding hydrogens is 166 g/mol. The van der Waals surface area contributed by atoms with Crippen LogP contribution < -0.4 is 11.1 Å². The molecule has 0 bridgehead atoms. The zero-order chi connectivity index (χ0) is 9.90. The van der Waals surface area contributed by atoms with Gasteiger partial charge >= 0.3 is 6.03 Å². The Hall–Kier alpha value is -1.24. The lowest BCUT2D eigenvalue weighted by molar-refractivity contribution is 0.200. The normalized spacial score (nSPS) is 33.4. The number of carbonyl (C=O) groups excluding carboxylic acids is 1. The predicted molar refractivity (Wildman–Crippen MR) is 48.7 cm³/mol. The fourth-order valence-corrected chi connectivity index (χ4v) is 1.95. The van der Waals surface area contributed by atoms with Gasteiger partial charge in [-0.05, 0) is 18.8 Å². The Morgan fingerprint density at radius 3 is 2.85 bits per heavy atom. The number of nitrogens with one attached hydrogen (secondary N) is 1. The van der Waals surface area contributed by atoms with E-state index in [0.29, 0.717) is 6.42 Å². The number of nitrogens with zero attached hydrogens (tertiary/aromatic N) is 1. The fraction of sp³-hybridized carbons (Fsp3) is 0.778. The van der Waals surface area contributed by atoms with Crippen molar-refractivity contribution in [1.29, 1.82) is 5.26 Å². The summed E-state index contributed by atoms with van der Waals surface area (Å²) in [7, 11) is 0. The van der Waals surface area contributed by atoms with Crippen molar-refractivity contribution in [3.05, 3.63) is 0 Å². The molecule has 0 heterocycles. The quantitative estimate of drug-likeness (QED) is 0.636. The molecule has 0 unspecified atom stereocenters. The van der Waals surface area contributed by atoms with Gasteiger partial charge in [0.2, 0.25) is 0 Å². The lowest BCUT2D eigenvalue weighted by Gasteiger charge is -2.36. The van der Waals surface area contributed by atoms with Gasteiger partial charge in [-0.1, -0.05) is 19.8 Å². The molecule has 0 aromatic heterocycles. The van der Waals surface area contributed by atoms with Crippen LogP contribution in [0.2, 0.25) is 0 Å². The summed E-state index contributed by atoms with van der Waals surface area (Å²) in [5, 5.41) is 11.6. The highest BCUT2D eigenvalue weighted by atomic mass is 16.2. The van der Waals surface area contributed by atoms with Crippen LogP contribution >= 0.6 is 0 Å². The molecule has 1 aliphatic carbocycles. The van der Waals surface area contributed by atoms with Gasteiger partial charge in [-0.2, -0.15) is 5.26 Å². The van der Waals surface area contributed by atoms with E-state index in [4.69, 9.17) is 11.0 Å². The number of nitriles is 1. The summed E-state index contributed by atoms with van der Waals surface area (Å²) >= 11 is 0. The van der Waals surface area contributed by atoms with Crippen LogP contribution in [0.1, 0.15) is 32.6 Å². The maximum Gasteiger partial charge on any atom is 0.313 e. The molecule has 4 heteroatoms. The molecule has 1 saturated carbocycles. The van der Waals surface area contributed by atoms with E-state index in [-0.39, 0.29) is 5.92 Å². The summed E-state index contributed by atoms with van der Waals surface area (Å²) in [5.74, 6) is 0.193. The first-order valence-electron chi connectivity index (χ1n) is 4.59. The first-order chi connectivity index (χ1) is 6.10. The summed E-state index contributed by atoms with van der Waals surface area (Å²) in [6, 6.07) is 1.59. The Kier molecular flexibility index (Phi) is 2.76. The van der Waals surface area contributed by atoms with Crippen LogP contribution in [0.4, 0.5) is 4.79 Å². The van der Waals surface area contributed by atoms with Crippen molar-refractivity contribution < 1.29 is 4.79 Å². The number of nitrogens with two attached hydrogens (primary N) is 1. The first kappa shape index (κ1) is 9.85. The SMILES string of the molecule is C[C@H]1CCCC[C@]1(C#N)NC(N)=O. The molecule has 0 radical (unpaired) electrons. The Morgan fingerprint density at radius 2 is 2.38 bits per heavy atom. The summed E-state index contributed by atoms with van der Waals surface area (Å²) in [4.78, 5) is 10.7. The molecule has 0 aromatic rings. The van der Waals surface area contributed by atoms with E-state index in [1.54, 1.807) is 0 Å². The topological polar surface area (TPSA) is 78.9 Å². The molecule has 1 rings (SSSR count). The zero-order valence-electron chi connectivity index (χ0n) is 7.84. The molecule has 2 amide bonds. The molecule has 0 saturated heterocycles. The van der Waals surface area contributed by atoms with Crippen LogP contribution in [0.15, 0.2) is 0 Å². The summed E-state index contributed by atoms with van der Waals surface area (Å²) < 4.78 is 0. The maximum atomic E-state index is 10.7. The van der Waals surface area contributed by atoms with Crippen LogP contribution in [0.25, 0.3) is 0 Å². The minimum absolute atomic E-state index is 0.193. The maximum absolute atomic E-state index is 10.7. The van der Waals surface area contributed by atoms with Crippen LogP contribution in [-0.2, 0) is 0 Å². The number of carbonyl (C=O) groups is 1. The standard InChI is InChI=1S/C9H15N3O/c1-7-4-2-3-5-9(7,6-10)12-8(11)13/h7H,2-5H2,1H3,(H3,11,12,13)/t7-,9+/m0/s1. The Morgan fingerprint density at radius 1 is 1.69 bits per heavy atom. The van der Waals surface area contributed by atoms with Gasteiger partial charge in [-0.15, -0.1) is 0 Å². The third-order valence-electron chi connectivity index (χ3n) is 2.85. The van der Waals surface area contributed by atoms with E-state index in [9.17, 15) is 4.79 Å². The van der Waals surface area contributed by atoms with Gasteiger partial charge in [0.25, 0.3) is 0 Å². The van der Waals surface area contributed by atoms with Crippen molar-refractivity contribution in [2.45, 2.75) is 38.1 Å². The Labute approximate surface area is 78.1 Å². The van der Waals surface area contributed by atoms with Crippen molar-refractivity contribution in [1.82, 2.24) is 5.32 Å². The van der Waals surface area contributed by atoms with Gasteiger partial charge in [-0.25, -0.2) is 4.79 Å². The molecule has 3 N–H and O–H groups in total. The number of primary amides is 1. The molecule has 0 aliphatic heterocycles. The molecule has 1 fully saturated rings. The number of urea groups is 1. The second-order valence-electron chi connectivity index (χ2n) is 3.72. The van der Waals surface area contributed by atoms with Gasteiger partial charge in [-0.3, -0.25) is 0 Å². The number of hydrogen-bond acceptors (Lipinski definition) is 2. The predicted octanol–water partition coefficient (Wildman–Crippen LogP) is 1.13. The van der Waals surface area contributed by atoms with Gasteiger partial charge < -0.3 is 11.1 Å². The van der Waals surface area contributed by atoms with Crippen molar-refractivity contribution in [2.75, 3.05) is 0 Å². The van der Waals surface area contributed by atoms with E-state index in [2.05, 4.69) is 11.4 Å². The van der Waals surface area contributed by atoms with Gasteiger partial charge in [0.05, 0.1) is 6.07 Å². The summed E-state index contributed by atoms with van der Waals surface area (Å²) in [6.45, 7) is 1.98. The van der Waals surface area contributed by atoms with Crippen molar-refractivity contribution in [2.24, 2.45) is 11.7 Å². The summed E-state index contributed by atoms with van der Waals surface area (Å²) in [6.07, 6.45) is 3.81. The Balaban J connectivity index is 2.77. The van der Waals surface area contributed by atoms with E-state index in [1.165, 1.54) is 0 Å². The lowest BCUT2D eigenvalue weighted by Crippen LogP contribution is -2.55. The lowest BCUT2D eigenvalue weighted by atomic mass is 9.74. The molecule has 0 spiro atoms. The smallest absolute Gasteiger partial charge is 0.313 e. The molecule has 0 aromatic carbocycles. The molecule has 4 nitrogen and oxygen atoms in total. The number of rotatable bonds is 1. The highest BCUT2D eigenvalue weighted by Gasteiger charge is 2.39. The van der Waals surface area contributed by atoms with E-state index >= 15 is 0 Å². The number of amides is 2. The van der Waals surface area contributed by atoms with Gasteiger partial charge in [0.15, 0.2) is 0 Å². The average molecular weight is 181 g/mol. The van der Waals surface area contributed by atoms with Crippen LogP contribution in [0.5, 0.6) is 0 Å². The second kappa shape index (κ2) is 3.65. The molecule has 2 atom stereocenters. The third kappa shape index (κ3) is 1.92. The third-order valence-corrected chi connectivity index (χ3v) is 2.85. The van der Waals surface area contributed by atoms with Crippen molar-refractivity contribution >= 4 is 6.03 Å². The molecule has 1 aliphatic rings. The zero-order valence-corrected chi connectivity index (χ0v) is 7.84. The second-order valence-corrected chi connectivity index (χ2v) is 3.72. The van der Waals surface area contributed by atoms with Crippen LogP contribution in [-0.4, -0.2) is 11.6 Å². The minimum atomic E-state index is -0.718. The highest BCUT2D eigenvalue weighted by molar-refractivity contribution is 5.73. The summed E-state index contributed by atoms with van der Waals surface area (Å²) in [5.41, 5.74) is 4.33. The largest absolute Gasteiger partial charge is 0.352 e. The van der Waals surface area contributed by atoms with E-state index in [0.717, 1.165) is 19.3 Å². The minimum Gasteiger partial charge on any atom is -0.352 e. The monoisotopic (exact) mass is 181 g/mol. The molecule has 72 valence electrons. The highest BCUT2D eigenvalue weighted by Crippen LogP contribution is 2.32. The van der Waals surface area contributed by atoms with Crippen LogP contribution in [0.3, 0.4) is 0 Å². The molecular formula is C9H15N3O. The van der Waals surface area contributed by atoms with E-state index in [1.807, 2.05) is 6.92 Å². The Bertz CT molecular complexity index is 246. The average Bonchev–Trinajstić information content (AvgIpc) is 2.08. The van der Waals surface area contributed by atoms with Gasteiger partial charge in [0.1, 0.15) is 5.54 Å². The molecule has 13 heavy (non-hydrogen) atoms. The van der Waals surface area contributed by atoms with Crippen molar-refractivity contribution in [3.8, 4) is 6.07 Å². The van der Waals surface area contributed by atoms with Crippen molar-refractivity contribution in [3.63, 3.8) is 0 Å². The van der Waals surface area contributed by atoms with Crippen LogP contribution in [0, 0.1) is 17.2 Å². The first-order valence-corrected chi connectivity index (χ1v) is 4.59. The number of hydrogen-bond donors (Lipinski definition) is 2.